The minimum atomic E-state index is -1.30. The third-order valence-electron chi connectivity index (χ3n) is 4.66. The van der Waals surface area contributed by atoms with E-state index >= 15 is 0 Å². The number of aryl methyl sites for hydroxylation is 2. The minimum absolute atomic E-state index is 0.000331. The molecule has 0 unspecified atom stereocenters. The fourth-order valence-corrected chi connectivity index (χ4v) is 3.47. The maximum absolute atomic E-state index is 13.4. The van der Waals surface area contributed by atoms with Crippen molar-refractivity contribution < 1.29 is 19.5 Å². The summed E-state index contributed by atoms with van der Waals surface area (Å²) in [6, 6.07) is 13.8. The van der Waals surface area contributed by atoms with E-state index in [2.05, 4.69) is 0 Å². The van der Waals surface area contributed by atoms with Crippen molar-refractivity contribution in [2.75, 3.05) is 0 Å². The number of carbonyl (C=O) groups is 3. The number of carboxylic acids is 1. The molecule has 4 nitrogen and oxygen atoms in total. The highest BCUT2D eigenvalue weighted by Crippen LogP contribution is 2.27. The summed E-state index contributed by atoms with van der Waals surface area (Å²) in [5.41, 5.74) is 1.41. The van der Waals surface area contributed by atoms with Gasteiger partial charge in [0.05, 0.1) is 5.56 Å². The second-order valence-electron chi connectivity index (χ2n) is 6.61. The molecule has 1 N–H and O–H groups in total. The minimum Gasteiger partial charge on any atom is -0.478 e. The number of aromatic carboxylic acids is 1. The van der Waals surface area contributed by atoms with E-state index in [1.165, 1.54) is 30.3 Å². The fraction of sp³-hybridized carbons (Fsp3) is 0.0870. The number of halogens is 2. The number of hydrogen-bond donors (Lipinski definition) is 1. The van der Waals surface area contributed by atoms with Gasteiger partial charge in [0.2, 0.25) is 0 Å². The summed E-state index contributed by atoms with van der Waals surface area (Å²) in [4.78, 5) is 38.5. The number of hydrogen-bond acceptors (Lipinski definition) is 3. The summed E-state index contributed by atoms with van der Waals surface area (Å²) < 4.78 is 0. The van der Waals surface area contributed by atoms with Crippen LogP contribution in [0, 0.1) is 13.8 Å². The first-order valence-corrected chi connectivity index (χ1v) is 9.44. The summed E-state index contributed by atoms with van der Waals surface area (Å²) in [7, 11) is 0. The zero-order valence-corrected chi connectivity index (χ0v) is 17.1. The summed E-state index contributed by atoms with van der Waals surface area (Å²) in [6.07, 6.45) is 0. The van der Waals surface area contributed by atoms with Gasteiger partial charge in [0.15, 0.2) is 11.6 Å². The topological polar surface area (TPSA) is 71.4 Å². The van der Waals surface area contributed by atoms with Gasteiger partial charge in [-0.1, -0.05) is 47.5 Å². The molecule has 0 bridgehead atoms. The molecule has 3 aromatic carbocycles. The lowest BCUT2D eigenvalue weighted by Crippen LogP contribution is -2.17. The first kappa shape index (κ1) is 20.8. The third kappa shape index (κ3) is 4.09. The molecule has 29 heavy (non-hydrogen) atoms. The van der Waals surface area contributed by atoms with Crippen LogP contribution in [0.1, 0.15) is 53.3 Å². The number of rotatable bonds is 5. The lowest BCUT2D eigenvalue weighted by atomic mass is 9.87. The Kier molecular flexibility index (Phi) is 5.87. The van der Waals surface area contributed by atoms with Gasteiger partial charge in [-0.3, -0.25) is 9.59 Å². The van der Waals surface area contributed by atoms with Gasteiger partial charge in [-0.25, -0.2) is 4.79 Å². The highest BCUT2D eigenvalue weighted by molar-refractivity contribution is 6.32. The predicted octanol–water partition coefficient (Wildman–Crippen LogP) is 5.77. The standard InChI is InChI=1S/C23H16Cl2O4/c1-12-6-8-14(24)10-18(12)21(26)16-4-3-5-17(23(28)29)20(16)22(27)19-11-15(25)9-7-13(19)2/h3-11H,1-2H3,(H,28,29). The van der Waals surface area contributed by atoms with Gasteiger partial charge in [-0.15, -0.1) is 0 Å². The molecule has 6 heteroatoms. The molecule has 0 heterocycles. The van der Waals surface area contributed by atoms with Gasteiger partial charge in [0.25, 0.3) is 0 Å². The van der Waals surface area contributed by atoms with E-state index in [1.54, 1.807) is 38.1 Å². The van der Waals surface area contributed by atoms with Crippen molar-refractivity contribution in [2.45, 2.75) is 13.8 Å². The Bertz CT molecular complexity index is 1170. The molecule has 146 valence electrons. The first-order valence-electron chi connectivity index (χ1n) is 8.68. The van der Waals surface area contributed by atoms with Crippen LogP contribution in [0.25, 0.3) is 0 Å². The van der Waals surface area contributed by atoms with Crippen LogP contribution in [-0.4, -0.2) is 22.6 Å². The van der Waals surface area contributed by atoms with Crippen LogP contribution in [0.4, 0.5) is 0 Å². The van der Waals surface area contributed by atoms with Crippen molar-refractivity contribution in [2.24, 2.45) is 0 Å². The molecule has 0 spiro atoms. The van der Waals surface area contributed by atoms with E-state index in [0.29, 0.717) is 26.7 Å². The molecule has 0 aliphatic rings. The van der Waals surface area contributed by atoms with E-state index in [4.69, 9.17) is 23.2 Å². The smallest absolute Gasteiger partial charge is 0.336 e. The third-order valence-corrected chi connectivity index (χ3v) is 5.13. The van der Waals surface area contributed by atoms with Gasteiger partial charge in [0.1, 0.15) is 0 Å². The van der Waals surface area contributed by atoms with Crippen molar-refractivity contribution >= 4 is 40.7 Å². The van der Waals surface area contributed by atoms with Gasteiger partial charge in [0, 0.05) is 32.3 Å². The average Bonchev–Trinajstić information content (AvgIpc) is 2.69. The lowest BCUT2D eigenvalue weighted by molar-refractivity contribution is 0.0692. The molecule has 0 fully saturated rings. The van der Waals surface area contributed by atoms with Crippen molar-refractivity contribution in [1.82, 2.24) is 0 Å². The van der Waals surface area contributed by atoms with Crippen LogP contribution in [0.5, 0.6) is 0 Å². The van der Waals surface area contributed by atoms with Crippen LogP contribution in [0.15, 0.2) is 54.6 Å². The monoisotopic (exact) mass is 426 g/mol. The number of carbonyl (C=O) groups excluding carboxylic acids is 2. The zero-order valence-electron chi connectivity index (χ0n) is 15.6. The highest BCUT2D eigenvalue weighted by atomic mass is 35.5. The Hall–Kier alpha value is -2.95. The zero-order chi connectivity index (χ0) is 21.3. The Labute approximate surface area is 177 Å². The fourth-order valence-electron chi connectivity index (χ4n) is 3.12. The van der Waals surface area contributed by atoms with E-state index in [-0.39, 0.29) is 22.3 Å². The summed E-state index contributed by atoms with van der Waals surface area (Å²) in [5.74, 6) is -2.35. The molecule has 0 saturated heterocycles. The summed E-state index contributed by atoms with van der Waals surface area (Å²) >= 11 is 12.1. The first-order chi connectivity index (χ1) is 13.7. The Balaban J connectivity index is 2.27. The van der Waals surface area contributed by atoms with E-state index < -0.39 is 17.5 Å². The van der Waals surface area contributed by atoms with Crippen molar-refractivity contribution in [3.05, 3.63) is 104 Å². The molecule has 0 amide bonds. The second kappa shape index (κ2) is 8.19. The van der Waals surface area contributed by atoms with Crippen molar-refractivity contribution in [3.63, 3.8) is 0 Å². The largest absolute Gasteiger partial charge is 0.478 e. The SMILES string of the molecule is Cc1ccc(Cl)cc1C(=O)c1cccc(C(=O)O)c1C(=O)c1cc(Cl)ccc1C. The van der Waals surface area contributed by atoms with Gasteiger partial charge >= 0.3 is 5.97 Å². The molecule has 0 saturated carbocycles. The number of benzene rings is 3. The van der Waals surface area contributed by atoms with Crippen LogP contribution in [0.3, 0.4) is 0 Å². The van der Waals surface area contributed by atoms with Gasteiger partial charge < -0.3 is 5.11 Å². The normalized spacial score (nSPS) is 10.6. The molecule has 0 radical (unpaired) electrons. The number of carboxylic acid groups (broad SMARTS) is 1. The van der Waals surface area contributed by atoms with Crippen LogP contribution in [0.2, 0.25) is 10.0 Å². The molecule has 3 rings (SSSR count). The molecule has 0 aliphatic carbocycles. The predicted molar refractivity (Wildman–Crippen MR) is 113 cm³/mol. The Morgan fingerprint density at radius 1 is 0.690 bits per heavy atom. The maximum atomic E-state index is 13.4. The van der Waals surface area contributed by atoms with Crippen molar-refractivity contribution in [3.8, 4) is 0 Å². The molecule has 0 aliphatic heterocycles. The highest BCUT2D eigenvalue weighted by Gasteiger charge is 2.27. The van der Waals surface area contributed by atoms with Gasteiger partial charge in [-0.05, 0) is 55.3 Å². The van der Waals surface area contributed by atoms with Crippen LogP contribution < -0.4 is 0 Å². The molecular weight excluding hydrogens is 411 g/mol. The Morgan fingerprint density at radius 2 is 1.17 bits per heavy atom. The molecular formula is C23H16Cl2O4. The van der Waals surface area contributed by atoms with E-state index in [0.717, 1.165) is 0 Å². The number of ketones is 2. The average molecular weight is 427 g/mol. The Morgan fingerprint density at radius 3 is 1.69 bits per heavy atom. The quantitative estimate of drug-likeness (QED) is 0.525. The summed E-state index contributed by atoms with van der Waals surface area (Å²) in [5, 5.41) is 10.4. The maximum Gasteiger partial charge on any atom is 0.336 e. The molecule has 3 aromatic rings. The molecule has 0 aromatic heterocycles. The lowest BCUT2D eigenvalue weighted by Gasteiger charge is -2.14. The van der Waals surface area contributed by atoms with Crippen LogP contribution >= 0.6 is 23.2 Å². The second-order valence-corrected chi connectivity index (χ2v) is 7.48. The van der Waals surface area contributed by atoms with Crippen LogP contribution in [-0.2, 0) is 0 Å². The summed E-state index contributed by atoms with van der Waals surface area (Å²) in [6.45, 7) is 3.46. The molecule has 0 atom stereocenters. The van der Waals surface area contributed by atoms with E-state index in [1.807, 2.05) is 0 Å². The van der Waals surface area contributed by atoms with Crippen molar-refractivity contribution in [1.29, 1.82) is 0 Å². The van der Waals surface area contributed by atoms with E-state index in [9.17, 15) is 19.5 Å². The van der Waals surface area contributed by atoms with Gasteiger partial charge in [-0.2, -0.15) is 0 Å².